The van der Waals surface area contributed by atoms with Crippen LogP contribution in [-0.2, 0) is 6.42 Å². The minimum Gasteiger partial charge on any atom is -0.390 e. The number of H-pyrrole nitrogens is 1. The van der Waals surface area contributed by atoms with E-state index in [1.807, 2.05) is 24.3 Å². The van der Waals surface area contributed by atoms with Crippen LogP contribution in [0.5, 0.6) is 0 Å². The van der Waals surface area contributed by atoms with Gasteiger partial charge in [0.15, 0.2) is 11.2 Å². The van der Waals surface area contributed by atoms with Crippen molar-refractivity contribution in [1.82, 2.24) is 25.0 Å². The number of aliphatic hydroxyl groups excluding tert-OH is 1. The number of aliphatic hydroxyl groups is 1. The summed E-state index contributed by atoms with van der Waals surface area (Å²) in [4.78, 5) is 18.3. The summed E-state index contributed by atoms with van der Waals surface area (Å²) in [5, 5.41) is 18.2. The van der Waals surface area contributed by atoms with Crippen molar-refractivity contribution in [3.8, 4) is 0 Å². The number of nitrogens with two attached hydrogens (primary N) is 1. The van der Waals surface area contributed by atoms with Gasteiger partial charge < -0.3 is 10.8 Å². The lowest BCUT2D eigenvalue weighted by Crippen LogP contribution is -2.23. The highest BCUT2D eigenvalue weighted by atomic mass is 16.3. The topological polar surface area (TPSA) is 123 Å². The van der Waals surface area contributed by atoms with Crippen molar-refractivity contribution in [2.75, 3.05) is 5.73 Å². The van der Waals surface area contributed by atoms with Gasteiger partial charge in [0.05, 0.1) is 6.10 Å². The first-order valence-corrected chi connectivity index (χ1v) is 6.51. The summed E-state index contributed by atoms with van der Waals surface area (Å²) < 4.78 is 1.47. The number of aromatic nitrogens is 5. The molecule has 0 bridgehead atoms. The molecular weight excluding hydrogens is 272 g/mol. The van der Waals surface area contributed by atoms with E-state index in [2.05, 4.69) is 20.3 Å². The highest BCUT2D eigenvalue weighted by Crippen LogP contribution is 2.34. The van der Waals surface area contributed by atoms with Gasteiger partial charge in [0.2, 0.25) is 5.95 Å². The summed E-state index contributed by atoms with van der Waals surface area (Å²) in [7, 11) is 0. The molecule has 21 heavy (non-hydrogen) atoms. The van der Waals surface area contributed by atoms with Crippen LogP contribution < -0.4 is 11.3 Å². The second-order valence-corrected chi connectivity index (χ2v) is 5.07. The first-order valence-electron chi connectivity index (χ1n) is 6.51. The Balaban J connectivity index is 1.97. The maximum absolute atomic E-state index is 11.8. The number of hydrogen-bond acceptors (Lipinski definition) is 6. The van der Waals surface area contributed by atoms with Crippen molar-refractivity contribution in [2.45, 2.75) is 18.6 Å². The first kappa shape index (κ1) is 12.0. The number of benzene rings is 1. The fraction of sp³-hybridized carbons (Fsp3) is 0.231. The van der Waals surface area contributed by atoms with Crippen LogP contribution in [0, 0.1) is 0 Å². The zero-order valence-electron chi connectivity index (χ0n) is 10.9. The summed E-state index contributed by atoms with van der Waals surface area (Å²) in [5.74, 6) is -0.00294. The number of nitrogen functional groups attached to an aromatic ring is 1. The van der Waals surface area contributed by atoms with Crippen molar-refractivity contribution in [3.63, 3.8) is 0 Å². The molecular formula is C13H12N6O2. The molecule has 0 amide bonds. The van der Waals surface area contributed by atoms with E-state index in [1.54, 1.807) is 0 Å². The average molecular weight is 284 g/mol. The largest absolute Gasteiger partial charge is 0.390 e. The summed E-state index contributed by atoms with van der Waals surface area (Å²) in [6.07, 6.45) is -0.115. The third-order valence-corrected chi connectivity index (χ3v) is 3.78. The van der Waals surface area contributed by atoms with Crippen molar-refractivity contribution in [3.05, 3.63) is 45.7 Å². The van der Waals surface area contributed by atoms with Gasteiger partial charge in [-0.2, -0.15) is 4.98 Å². The van der Waals surface area contributed by atoms with E-state index in [9.17, 15) is 9.90 Å². The number of nitrogens with one attached hydrogen (secondary N) is 1. The van der Waals surface area contributed by atoms with Crippen molar-refractivity contribution < 1.29 is 5.11 Å². The second-order valence-electron chi connectivity index (χ2n) is 5.07. The Kier molecular flexibility index (Phi) is 2.36. The minimum atomic E-state index is -0.644. The van der Waals surface area contributed by atoms with Gasteiger partial charge in [0.25, 0.3) is 5.56 Å². The SMILES string of the molecule is Nc1nc2c(nnn2[C@@H]2c3ccccc3C[C@@H]2O)c(=O)[nH]1. The molecule has 0 aliphatic heterocycles. The lowest BCUT2D eigenvalue weighted by Gasteiger charge is -2.16. The van der Waals surface area contributed by atoms with Crippen LogP contribution in [0.25, 0.3) is 11.2 Å². The molecule has 0 saturated carbocycles. The first-order chi connectivity index (χ1) is 10.1. The number of fused-ring (bicyclic) bond motifs is 2. The quantitative estimate of drug-likeness (QED) is 0.559. The van der Waals surface area contributed by atoms with E-state index < -0.39 is 17.7 Å². The number of rotatable bonds is 1. The van der Waals surface area contributed by atoms with Crippen molar-refractivity contribution in [1.29, 1.82) is 0 Å². The summed E-state index contributed by atoms with van der Waals surface area (Å²) >= 11 is 0. The number of hydrogen-bond donors (Lipinski definition) is 3. The highest BCUT2D eigenvalue weighted by Gasteiger charge is 2.34. The van der Waals surface area contributed by atoms with Gasteiger partial charge in [0, 0.05) is 6.42 Å². The molecule has 1 aromatic carbocycles. The molecule has 0 saturated heterocycles. The fourth-order valence-electron chi connectivity index (χ4n) is 2.89. The smallest absolute Gasteiger partial charge is 0.282 e. The van der Waals surface area contributed by atoms with Crippen LogP contribution in [0.4, 0.5) is 5.95 Å². The minimum absolute atomic E-state index is 0.00294. The lowest BCUT2D eigenvalue weighted by atomic mass is 10.1. The van der Waals surface area contributed by atoms with E-state index in [0.29, 0.717) is 6.42 Å². The van der Waals surface area contributed by atoms with E-state index in [-0.39, 0.29) is 17.1 Å². The van der Waals surface area contributed by atoms with Crippen molar-refractivity contribution in [2.24, 2.45) is 0 Å². The standard InChI is InChI=1S/C13H12N6O2/c14-13-15-11-9(12(21)16-13)17-18-19(11)10-7-4-2-1-3-6(7)5-8(10)20/h1-4,8,10,20H,5H2,(H3,14,15,16,21)/t8-,10+/m0/s1. The third kappa shape index (κ3) is 1.66. The van der Waals surface area contributed by atoms with Gasteiger partial charge in [-0.1, -0.05) is 29.5 Å². The molecule has 1 aliphatic carbocycles. The van der Waals surface area contributed by atoms with Gasteiger partial charge >= 0.3 is 0 Å². The molecule has 4 N–H and O–H groups in total. The molecule has 8 nitrogen and oxygen atoms in total. The fourth-order valence-corrected chi connectivity index (χ4v) is 2.89. The van der Waals surface area contributed by atoms with Crippen LogP contribution in [0.1, 0.15) is 17.2 Å². The normalized spacial score (nSPS) is 20.8. The Morgan fingerprint density at radius 3 is 3.05 bits per heavy atom. The Morgan fingerprint density at radius 1 is 1.38 bits per heavy atom. The predicted molar refractivity (Wildman–Crippen MR) is 74.6 cm³/mol. The molecule has 2 aromatic heterocycles. The van der Waals surface area contributed by atoms with Crippen LogP contribution in [-0.4, -0.2) is 36.2 Å². The van der Waals surface area contributed by atoms with Gasteiger partial charge in [-0.05, 0) is 11.1 Å². The predicted octanol–water partition coefficient (Wildman–Crippen LogP) is -0.397. The number of nitrogens with zero attached hydrogens (tertiary/aromatic N) is 4. The average Bonchev–Trinajstić information content (AvgIpc) is 2.98. The van der Waals surface area contributed by atoms with Gasteiger partial charge in [-0.3, -0.25) is 9.78 Å². The maximum Gasteiger partial charge on any atom is 0.282 e. The van der Waals surface area contributed by atoms with Gasteiger partial charge in [-0.15, -0.1) is 5.10 Å². The second kappa shape index (κ2) is 4.13. The van der Waals surface area contributed by atoms with E-state index in [4.69, 9.17) is 5.73 Å². The number of aromatic amines is 1. The maximum atomic E-state index is 11.8. The Hall–Kier alpha value is -2.74. The third-order valence-electron chi connectivity index (χ3n) is 3.78. The molecule has 2 atom stereocenters. The molecule has 1 aliphatic rings. The molecule has 8 heteroatoms. The molecule has 4 rings (SSSR count). The summed E-state index contributed by atoms with van der Waals surface area (Å²) in [6.45, 7) is 0. The Bertz CT molecular complexity index is 899. The molecule has 0 unspecified atom stereocenters. The molecule has 2 heterocycles. The molecule has 3 aromatic rings. The highest BCUT2D eigenvalue weighted by molar-refractivity contribution is 5.69. The Labute approximate surface area is 118 Å². The van der Waals surface area contributed by atoms with Crippen molar-refractivity contribution >= 4 is 17.1 Å². The Morgan fingerprint density at radius 2 is 2.19 bits per heavy atom. The zero-order valence-corrected chi connectivity index (χ0v) is 10.9. The lowest BCUT2D eigenvalue weighted by molar-refractivity contribution is 0.139. The zero-order chi connectivity index (χ0) is 14.6. The molecule has 0 spiro atoms. The molecule has 106 valence electrons. The van der Waals surface area contributed by atoms with Crippen LogP contribution in [0.3, 0.4) is 0 Å². The summed E-state index contributed by atoms with van der Waals surface area (Å²) in [6, 6.07) is 7.30. The number of anilines is 1. The molecule has 0 radical (unpaired) electrons. The summed E-state index contributed by atoms with van der Waals surface area (Å²) in [5.41, 5.74) is 7.54. The van der Waals surface area contributed by atoms with Crippen LogP contribution in [0.15, 0.2) is 29.1 Å². The monoisotopic (exact) mass is 284 g/mol. The van der Waals surface area contributed by atoms with Gasteiger partial charge in [-0.25, -0.2) is 4.68 Å². The van der Waals surface area contributed by atoms with E-state index in [1.165, 1.54) is 4.68 Å². The van der Waals surface area contributed by atoms with Gasteiger partial charge in [0.1, 0.15) is 6.04 Å². The van der Waals surface area contributed by atoms with Crippen LogP contribution >= 0.6 is 0 Å². The van der Waals surface area contributed by atoms with E-state index >= 15 is 0 Å². The van der Waals surface area contributed by atoms with E-state index in [0.717, 1.165) is 11.1 Å². The molecule has 0 fully saturated rings. The van der Waals surface area contributed by atoms with Crippen LogP contribution in [0.2, 0.25) is 0 Å².